The van der Waals surface area contributed by atoms with Crippen LogP contribution >= 0.6 is 11.6 Å². The maximum Gasteiger partial charge on any atom is 0.306 e. The van der Waals surface area contributed by atoms with Crippen LogP contribution in [0.25, 0.3) is 0 Å². The molecule has 1 aliphatic carbocycles. The van der Waals surface area contributed by atoms with Crippen LogP contribution in [-0.4, -0.2) is 22.9 Å². The first-order valence-electron chi connectivity index (χ1n) is 8.31. The maximum atomic E-state index is 12.1. The van der Waals surface area contributed by atoms with E-state index in [0.29, 0.717) is 12.3 Å². The molecule has 0 aromatic heterocycles. The number of nitro groups is 1. The molecule has 8 heteroatoms. The standard InChI is InChI=1S/C17H21ClN2O5/c1-11(25-16(21)9-6-12-4-2-3-5-12)17(22)19-15-8-7-13(20(23)24)10-14(15)18/h7-8,10-12H,2-6,9H2,1H3,(H,19,22)/t11-/m1/s1. The minimum Gasteiger partial charge on any atom is -0.453 e. The second-order valence-corrected chi connectivity index (χ2v) is 6.64. The van der Waals surface area contributed by atoms with E-state index >= 15 is 0 Å². The van der Waals surface area contributed by atoms with Gasteiger partial charge in [-0.25, -0.2) is 0 Å². The van der Waals surface area contributed by atoms with Gasteiger partial charge in [-0.05, 0) is 25.3 Å². The van der Waals surface area contributed by atoms with Gasteiger partial charge in [0, 0.05) is 18.6 Å². The third kappa shape index (κ3) is 5.70. The van der Waals surface area contributed by atoms with Gasteiger partial charge >= 0.3 is 5.97 Å². The molecule has 1 aromatic rings. The molecule has 0 radical (unpaired) electrons. The Morgan fingerprint density at radius 3 is 2.68 bits per heavy atom. The first-order valence-corrected chi connectivity index (χ1v) is 8.69. The summed E-state index contributed by atoms with van der Waals surface area (Å²) in [5, 5.41) is 13.2. The number of hydrogen-bond donors (Lipinski definition) is 1. The average Bonchev–Trinajstić information content (AvgIpc) is 3.08. The number of hydrogen-bond acceptors (Lipinski definition) is 5. The molecule has 7 nitrogen and oxygen atoms in total. The number of nitrogens with zero attached hydrogens (tertiary/aromatic N) is 1. The first kappa shape index (κ1) is 19.2. The number of non-ortho nitro benzene ring substituents is 1. The molecule has 2 rings (SSSR count). The van der Waals surface area contributed by atoms with Crippen molar-refractivity contribution in [2.75, 3.05) is 5.32 Å². The Morgan fingerprint density at radius 2 is 2.08 bits per heavy atom. The molecule has 0 aliphatic heterocycles. The summed E-state index contributed by atoms with van der Waals surface area (Å²) in [6.07, 6.45) is 4.87. The zero-order valence-electron chi connectivity index (χ0n) is 14.0. The van der Waals surface area contributed by atoms with Crippen molar-refractivity contribution in [3.8, 4) is 0 Å². The molecule has 25 heavy (non-hydrogen) atoms. The van der Waals surface area contributed by atoms with E-state index in [1.54, 1.807) is 0 Å². The van der Waals surface area contributed by atoms with Gasteiger partial charge in [0.15, 0.2) is 6.10 Å². The predicted octanol–water partition coefficient (Wildman–Crippen LogP) is 4.09. The van der Waals surface area contributed by atoms with Crippen molar-refractivity contribution in [3.05, 3.63) is 33.3 Å². The number of halogens is 1. The smallest absolute Gasteiger partial charge is 0.306 e. The van der Waals surface area contributed by atoms with E-state index in [2.05, 4.69) is 5.32 Å². The molecule has 0 unspecified atom stereocenters. The molecule has 1 fully saturated rings. The quantitative estimate of drug-likeness (QED) is 0.444. The fourth-order valence-electron chi connectivity index (χ4n) is 2.88. The van der Waals surface area contributed by atoms with Gasteiger partial charge in [0.1, 0.15) is 0 Å². The lowest BCUT2D eigenvalue weighted by Crippen LogP contribution is -2.30. The highest BCUT2D eigenvalue weighted by molar-refractivity contribution is 6.34. The number of esters is 1. The van der Waals surface area contributed by atoms with Gasteiger partial charge in [0.25, 0.3) is 11.6 Å². The summed E-state index contributed by atoms with van der Waals surface area (Å²) >= 11 is 5.92. The minimum atomic E-state index is -0.970. The molecule has 1 saturated carbocycles. The van der Waals surface area contributed by atoms with Crippen molar-refractivity contribution in [2.24, 2.45) is 5.92 Å². The number of ether oxygens (including phenoxy) is 1. The highest BCUT2D eigenvalue weighted by Crippen LogP contribution is 2.29. The summed E-state index contributed by atoms with van der Waals surface area (Å²) in [6.45, 7) is 1.47. The number of carbonyl (C=O) groups is 2. The van der Waals surface area contributed by atoms with Gasteiger partial charge in [0.2, 0.25) is 0 Å². The molecule has 1 N–H and O–H groups in total. The molecule has 0 spiro atoms. The van der Waals surface area contributed by atoms with Crippen LogP contribution in [0.1, 0.15) is 45.4 Å². The van der Waals surface area contributed by atoms with Crippen LogP contribution in [0, 0.1) is 16.0 Å². The Labute approximate surface area is 150 Å². The van der Waals surface area contributed by atoms with Crippen LogP contribution < -0.4 is 5.32 Å². The average molecular weight is 369 g/mol. The summed E-state index contributed by atoms with van der Waals surface area (Å²) < 4.78 is 5.14. The van der Waals surface area contributed by atoms with Crippen LogP contribution in [-0.2, 0) is 14.3 Å². The number of anilines is 1. The van der Waals surface area contributed by atoms with Crippen molar-refractivity contribution in [2.45, 2.75) is 51.6 Å². The number of amides is 1. The Bertz CT molecular complexity index is 658. The summed E-state index contributed by atoms with van der Waals surface area (Å²) in [5.74, 6) is -0.357. The topological polar surface area (TPSA) is 98.5 Å². The van der Waals surface area contributed by atoms with Crippen molar-refractivity contribution < 1.29 is 19.2 Å². The highest BCUT2D eigenvalue weighted by Gasteiger charge is 2.21. The Balaban J connectivity index is 1.83. The first-order chi connectivity index (χ1) is 11.9. The normalized spacial score (nSPS) is 15.6. The van der Waals surface area contributed by atoms with E-state index in [1.807, 2.05) is 0 Å². The number of benzene rings is 1. The van der Waals surface area contributed by atoms with Crippen molar-refractivity contribution in [1.29, 1.82) is 0 Å². The van der Waals surface area contributed by atoms with Crippen LogP contribution in [0.15, 0.2) is 18.2 Å². The number of rotatable bonds is 7. The molecule has 1 atom stereocenters. The molecular formula is C17H21ClN2O5. The molecule has 0 heterocycles. The Morgan fingerprint density at radius 1 is 1.40 bits per heavy atom. The van der Waals surface area contributed by atoms with E-state index in [-0.39, 0.29) is 16.4 Å². The van der Waals surface area contributed by atoms with Crippen LogP contribution in [0.2, 0.25) is 5.02 Å². The Kier molecular flexibility index (Phi) is 6.75. The third-order valence-corrected chi connectivity index (χ3v) is 4.64. The van der Waals surface area contributed by atoms with E-state index < -0.39 is 22.9 Å². The molecule has 1 aliphatic rings. The monoisotopic (exact) mass is 368 g/mol. The summed E-state index contributed by atoms with van der Waals surface area (Å²) in [5.41, 5.74) is 0.0560. The van der Waals surface area contributed by atoms with E-state index in [4.69, 9.17) is 16.3 Å². The van der Waals surface area contributed by atoms with Gasteiger partial charge in [-0.15, -0.1) is 0 Å². The van der Waals surface area contributed by atoms with Gasteiger partial charge in [0.05, 0.1) is 15.6 Å². The lowest BCUT2D eigenvalue weighted by atomic mass is 10.0. The number of nitro benzene ring substituents is 1. The van der Waals surface area contributed by atoms with E-state index in [9.17, 15) is 19.7 Å². The van der Waals surface area contributed by atoms with E-state index in [0.717, 1.165) is 25.3 Å². The van der Waals surface area contributed by atoms with Gasteiger partial charge < -0.3 is 10.1 Å². The van der Waals surface area contributed by atoms with Crippen LogP contribution in [0.5, 0.6) is 0 Å². The number of nitrogens with one attached hydrogen (secondary N) is 1. The third-order valence-electron chi connectivity index (χ3n) is 4.33. The Hall–Kier alpha value is -2.15. The lowest BCUT2D eigenvalue weighted by Gasteiger charge is -2.15. The second kappa shape index (κ2) is 8.80. The van der Waals surface area contributed by atoms with Gasteiger partial charge in [-0.3, -0.25) is 19.7 Å². The molecule has 1 amide bonds. The zero-order chi connectivity index (χ0) is 18.4. The second-order valence-electron chi connectivity index (χ2n) is 6.23. The molecule has 0 bridgehead atoms. The summed E-state index contributed by atoms with van der Waals surface area (Å²) in [4.78, 5) is 34.0. The molecule has 1 aromatic carbocycles. The van der Waals surface area contributed by atoms with Crippen LogP contribution in [0.3, 0.4) is 0 Å². The summed E-state index contributed by atoms with van der Waals surface area (Å²) in [6, 6.07) is 3.72. The van der Waals surface area contributed by atoms with Crippen molar-refractivity contribution >= 4 is 34.9 Å². The SMILES string of the molecule is C[C@@H](OC(=O)CCC1CCCC1)C(=O)Nc1ccc([N+](=O)[O-])cc1Cl. The molecule has 0 saturated heterocycles. The fraction of sp³-hybridized carbons (Fsp3) is 0.529. The van der Waals surface area contributed by atoms with Gasteiger partial charge in [-0.1, -0.05) is 37.3 Å². The highest BCUT2D eigenvalue weighted by atomic mass is 35.5. The molecular weight excluding hydrogens is 348 g/mol. The van der Waals surface area contributed by atoms with Crippen molar-refractivity contribution in [3.63, 3.8) is 0 Å². The maximum absolute atomic E-state index is 12.1. The predicted molar refractivity (Wildman–Crippen MR) is 93.5 cm³/mol. The van der Waals surface area contributed by atoms with Crippen molar-refractivity contribution in [1.82, 2.24) is 0 Å². The summed E-state index contributed by atoms with van der Waals surface area (Å²) in [7, 11) is 0. The largest absolute Gasteiger partial charge is 0.453 e. The van der Waals surface area contributed by atoms with E-state index in [1.165, 1.54) is 31.9 Å². The lowest BCUT2D eigenvalue weighted by molar-refractivity contribution is -0.384. The molecule has 136 valence electrons. The van der Waals surface area contributed by atoms with Crippen LogP contribution in [0.4, 0.5) is 11.4 Å². The zero-order valence-corrected chi connectivity index (χ0v) is 14.8. The minimum absolute atomic E-state index is 0.0438. The fourth-order valence-corrected chi connectivity index (χ4v) is 3.11. The van der Waals surface area contributed by atoms with Gasteiger partial charge in [-0.2, -0.15) is 0 Å². The number of carbonyl (C=O) groups excluding carboxylic acids is 2.